The maximum absolute atomic E-state index is 5.55. The largest absolute Gasteiger partial charge is 0.338 e. The minimum atomic E-state index is 0.204. The predicted octanol–water partition coefficient (Wildman–Crippen LogP) is 1.21. The molecular formula is C16H24N6O. The van der Waals surface area contributed by atoms with Crippen LogP contribution in [-0.4, -0.2) is 62.9 Å². The Morgan fingerprint density at radius 2 is 2.13 bits per heavy atom. The van der Waals surface area contributed by atoms with Crippen molar-refractivity contribution in [3.8, 4) is 0 Å². The molecule has 124 valence electrons. The van der Waals surface area contributed by atoms with Crippen LogP contribution in [0.25, 0.3) is 0 Å². The Bertz CT molecular complexity index is 661. The zero-order chi connectivity index (χ0) is 15.8. The van der Waals surface area contributed by atoms with Crippen LogP contribution in [0.1, 0.15) is 42.2 Å². The van der Waals surface area contributed by atoms with Crippen molar-refractivity contribution in [2.75, 3.05) is 33.2 Å². The molecule has 1 saturated carbocycles. The van der Waals surface area contributed by atoms with E-state index in [4.69, 9.17) is 4.52 Å². The number of aryl methyl sites for hydroxylation is 1. The fourth-order valence-electron chi connectivity index (χ4n) is 3.21. The van der Waals surface area contributed by atoms with Gasteiger partial charge in [0, 0.05) is 57.5 Å². The maximum atomic E-state index is 5.55. The molecule has 2 aliphatic rings. The molecule has 0 aromatic carbocycles. The van der Waals surface area contributed by atoms with Gasteiger partial charge in [0.15, 0.2) is 5.82 Å². The molecule has 1 atom stereocenters. The number of hydrogen-bond donors (Lipinski definition) is 0. The topological polar surface area (TPSA) is 63.2 Å². The van der Waals surface area contributed by atoms with Crippen LogP contribution in [0.4, 0.5) is 0 Å². The molecule has 0 bridgehead atoms. The molecule has 0 amide bonds. The highest BCUT2D eigenvalue weighted by molar-refractivity contribution is 5.06. The van der Waals surface area contributed by atoms with Crippen LogP contribution in [0.5, 0.6) is 0 Å². The monoisotopic (exact) mass is 316 g/mol. The molecule has 2 aromatic rings. The molecule has 0 N–H and O–H groups in total. The number of hydrogen-bond acceptors (Lipinski definition) is 6. The molecule has 3 heterocycles. The van der Waals surface area contributed by atoms with E-state index in [0.29, 0.717) is 5.92 Å². The van der Waals surface area contributed by atoms with Crippen molar-refractivity contribution < 1.29 is 4.52 Å². The Hall–Kier alpha value is -1.73. The third-order valence-electron chi connectivity index (χ3n) is 5.02. The number of likely N-dealkylation sites (N-methyl/N-ethyl adjacent to an activating group) is 1. The second-order valence-electron chi connectivity index (χ2n) is 6.76. The molecule has 1 saturated heterocycles. The quantitative estimate of drug-likeness (QED) is 0.826. The Morgan fingerprint density at radius 3 is 2.87 bits per heavy atom. The van der Waals surface area contributed by atoms with Gasteiger partial charge in [-0.2, -0.15) is 10.1 Å². The van der Waals surface area contributed by atoms with Gasteiger partial charge in [-0.3, -0.25) is 14.5 Å². The van der Waals surface area contributed by atoms with Crippen molar-refractivity contribution in [2.45, 2.75) is 31.2 Å². The Kier molecular flexibility index (Phi) is 3.90. The molecule has 7 heteroatoms. The van der Waals surface area contributed by atoms with Gasteiger partial charge >= 0.3 is 0 Å². The lowest BCUT2D eigenvalue weighted by atomic mass is 10.1. The fourth-order valence-corrected chi connectivity index (χ4v) is 3.21. The molecule has 2 fully saturated rings. The average Bonchev–Trinajstić information content (AvgIpc) is 3.14. The second kappa shape index (κ2) is 6.05. The van der Waals surface area contributed by atoms with Crippen molar-refractivity contribution in [3.63, 3.8) is 0 Å². The summed E-state index contributed by atoms with van der Waals surface area (Å²) >= 11 is 0. The first-order chi connectivity index (χ1) is 11.2. The molecule has 7 nitrogen and oxygen atoms in total. The molecule has 1 aliphatic carbocycles. The summed E-state index contributed by atoms with van der Waals surface area (Å²) in [6, 6.07) is 2.29. The molecular weight excluding hydrogens is 292 g/mol. The van der Waals surface area contributed by atoms with Crippen molar-refractivity contribution >= 4 is 0 Å². The van der Waals surface area contributed by atoms with E-state index in [1.165, 1.54) is 18.5 Å². The predicted molar refractivity (Wildman–Crippen MR) is 85.0 cm³/mol. The van der Waals surface area contributed by atoms with Gasteiger partial charge in [-0.05, 0) is 26.0 Å². The summed E-state index contributed by atoms with van der Waals surface area (Å²) < 4.78 is 7.50. The molecule has 0 radical (unpaired) electrons. The van der Waals surface area contributed by atoms with E-state index >= 15 is 0 Å². The molecule has 2 aromatic heterocycles. The number of aromatic nitrogens is 4. The van der Waals surface area contributed by atoms with Crippen LogP contribution in [0.2, 0.25) is 0 Å². The summed E-state index contributed by atoms with van der Waals surface area (Å²) in [4.78, 5) is 9.45. The van der Waals surface area contributed by atoms with E-state index in [9.17, 15) is 0 Å². The lowest BCUT2D eigenvalue weighted by Crippen LogP contribution is -2.47. The minimum Gasteiger partial charge on any atom is -0.338 e. The molecule has 1 aliphatic heterocycles. The van der Waals surface area contributed by atoms with E-state index in [-0.39, 0.29) is 6.04 Å². The molecule has 4 rings (SSSR count). The summed E-state index contributed by atoms with van der Waals surface area (Å²) in [5.41, 5.74) is 1.27. The molecule has 0 spiro atoms. The molecule has 1 unspecified atom stereocenters. The van der Waals surface area contributed by atoms with Crippen LogP contribution in [-0.2, 0) is 13.5 Å². The number of piperazine rings is 1. The summed E-state index contributed by atoms with van der Waals surface area (Å²) in [5, 5.41) is 8.40. The Balaban J connectivity index is 1.39. The third kappa shape index (κ3) is 3.16. The van der Waals surface area contributed by atoms with Gasteiger partial charge in [0.05, 0.1) is 0 Å². The van der Waals surface area contributed by atoms with Crippen LogP contribution in [0, 0.1) is 0 Å². The minimum absolute atomic E-state index is 0.204. The van der Waals surface area contributed by atoms with E-state index in [0.717, 1.165) is 44.3 Å². The smallest absolute Gasteiger partial charge is 0.245 e. The summed E-state index contributed by atoms with van der Waals surface area (Å²) in [7, 11) is 4.14. The van der Waals surface area contributed by atoms with Gasteiger partial charge in [0.1, 0.15) is 6.04 Å². The van der Waals surface area contributed by atoms with Gasteiger partial charge in [-0.15, -0.1) is 0 Å². The summed E-state index contributed by atoms with van der Waals surface area (Å²) in [6.45, 7) is 4.08. The summed E-state index contributed by atoms with van der Waals surface area (Å²) in [5.74, 6) is 2.22. The van der Waals surface area contributed by atoms with Crippen molar-refractivity contribution in [1.82, 2.24) is 29.7 Å². The van der Waals surface area contributed by atoms with Crippen LogP contribution in [0.15, 0.2) is 16.8 Å². The van der Waals surface area contributed by atoms with Crippen molar-refractivity contribution in [1.29, 1.82) is 0 Å². The van der Waals surface area contributed by atoms with Gasteiger partial charge in [-0.1, -0.05) is 5.16 Å². The lowest BCUT2D eigenvalue weighted by molar-refractivity contribution is 0.0764. The van der Waals surface area contributed by atoms with Gasteiger partial charge in [0.2, 0.25) is 5.89 Å². The second-order valence-corrected chi connectivity index (χ2v) is 6.76. The van der Waals surface area contributed by atoms with Crippen LogP contribution < -0.4 is 0 Å². The van der Waals surface area contributed by atoms with Crippen molar-refractivity contribution in [3.05, 3.63) is 29.7 Å². The first-order valence-corrected chi connectivity index (χ1v) is 8.43. The highest BCUT2D eigenvalue weighted by Crippen LogP contribution is 2.38. The Morgan fingerprint density at radius 1 is 1.26 bits per heavy atom. The third-order valence-corrected chi connectivity index (χ3v) is 5.02. The van der Waals surface area contributed by atoms with E-state index < -0.39 is 0 Å². The highest BCUT2D eigenvalue weighted by atomic mass is 16.5. The van der Waals surface area contributed by atoms with Gasteiger partial charge in [-0.25, -0.2) is 0 Å². The van der Waals surface area contributed by atoms with E-state index in [1.54, 1.807) is 0 Å². The maximum Gasteiger partial charge on any atom is 0.245 e. The fraction of sp³-hybridized carbons (Fsp3) is 0.688. The number of nitrogens with zero attached hydrogens (tertiary/aromatic N) is 6. The summed E-state index contributed by atoms with van der Waals surface area (Å²) in [6.07, 6.45) is 5.29. The normalized spacial score (nSPS) is 23.5. The van der Waals surface area contributed by atoms with E-state index in [1.807, 2.05) is 17.9 Å². The van der Waals surface area contributed by atoms with Gasteiger partial charge < -0.3 is 4.52 Å². The standard InChI is InChI=1S/C16H24N6O/c1-20-9-10-22(8-6-13-5-7-17-21(13)2)11-14(20)16-18-15(19-23-16)12-3-4-12/h5,7,12,14H,3-4,6,8-11H2,1-2H3. The first kappa shape index (κ1) is 14.8. The van der Waals surface area contributed by atoms with E-state index in [2.05, 4.69) is 38.2 Å². The molecule has 23 heavy (non-hydrogen) atoms. The zero-order valence-corrected chi connectivity index (χ0v) is 13.9. The Labute approximate surface area is 136 Å². The van der Waals surface area contributed by atoms with Crippen LogP contribution >= 0.6 is 0 Å². The SMILES string of the molecule is CN1CCN(CCc2ccnn2C)CC1c1nc(C2CC2)no1. The lowest BCUT2D eigenvalue weighted by Gasteiger charge is -2.37. The van der Waals surface area contributed by atoms with Crippen LogP contribution in [0.3, 0.4) is 0 Å². The zero-order valence-electron chi connectivity index (χ0n) is 13.9. The number of rotatable bonds is 5. The highest BCUT2D eigenvalue weighted by Gasteiger charge is 2.33. The average molecular weight is 316 g/mol. The van der Waals surface area contributed by atoms with Gasteiger partial charge in [0.25, 0.3) is 0 Å². The first-order valence-electron chi connectivity index (χ1n) is 8.43. The van der Waals surface area contributed by atoms with Crippen molar-refractivity contribution in [2.24, 2.45) is 7.05 Å².